The van der Waals surface area contributed by atoms with E-state index in [9.17, 15) is 0 Å². The first-order chi connectivity index (χ1) is 7.41. The summed E-state index contributed by atoms with van der Waals surface area (Å²) in [5.41, 5.74) is 0. The van der Waals surface area contributed by atoms with Gasteiger partial charge in [-0.25, -0.2) is 13.7 Å². The van der Waals surface area contributed by atoms with E-state index in [1.54, 1.807) is 6.08 Å². The zero-order valence-electron chi connectivity index (χ0n) is 9.58. The summed E-state index contributed by atoms with van der Waals surface area (Å²) in [6.45, 7) is 5.25. The average Bonchev–Trinajstić information content (AvgIpc) is 1.71. The first-order valence-corrected chi connectivity index (χ1v) is 8.03. The molecule has 0 rings (SSSR count). The normalized spacial score (nSPS) is 9.05. The average molecular weight is 385 g/mol. The third kappa shape index (κ3) is 7230000. The zero-order valence-corrected chi connectivity index (χ0v) is 12.3. The maximum absolute atomic E-state index is 8.88. The van der Waals surface area contributed by atoms with Gasteiger partial charge in [-0.15, -0.1) is 6.58 Å². The Morgan fingerprint density at radius 1 is 0.667 bits per heavy atom. The van der Waals surface area contributed by atoms with Gasteiger partial charge in [0.1, 0.15) is 0 Å². The van der Waals surface area contributed by atoms with Crippen molar-refractivity contribution in [3.8, 4) is 0 Å². The van der Waals surface area contributed by atoms with Crippen molar-refractivity contribution in [2.24, 2.45) is 0 Å². The first-order valence-electron chi connectivity index (χ1n) is 3.33. The highest BCUT2D eigenvalue weighted by molar-refractivity contribution is 7.45. The van der Waals surface area contributed by atoms with Crippen LogP contribution in [0, 0.1) is 0 Å². The van der Waals surface area contributed by atoms with E-state index in [4.69, 9.17) is 57.7 Å². The first kappa shape index (κ1) is 42.9. The molecular weight excluding hydrogens is 359 g/mol. The molecule has 0 heterocycles. The van der Waals surface area contributed by atoms with Crippen LogP contribution in [0.4, 0.5) is 0 Å². The third-order valence-electron chi connectivity index (χ3n) is 0. The van der Waals surface area contributed by atoms with E-state index < -0.39 is 23.5 Å². The molecule has 138 valence electrons. The summed E-state index contributed by atoms with van der Waals surface area (Å²) in [5.74, 6) is 0. The molecule has 0 unspecified atom stereocenters. The standard InChI is InChI=1S/C3H6.2CH4.H3N.3H3O4P/c1-3-2;;;;3*1-5(2,3)4/h3H,1H2,2H3;2*1H4;1H3;3*(H3,1,2,3,4). The van der Waals surface area contributed by atoms with Crippen molar-refractivity contribution in [1.82, 2.24) is 6.15 Å². The van der Waals surface area contributed by atoms with Crippen LogP contribution in [0.25, 0.3) is 0 Å². The molecule has 0 aromatic rings. The molecule has 0 aromatic carbocycles. The monoisotopic (exact) mass is 385 g/mol. The second-order valence-corrected chi connectivity index (χ2v) is 5.03. The van der Waals surface area contributed by atoms with Crippen LogP contribution < -0.4 is 6.15 Å². The topological polar surface area (TPSA) is 268 Å². The van der Waals surface area contributed by atoms with Crippen LogP contribution in [0.1, 0.15) is 21.8 Å². The van der Waals surface area contributed by atoms with Crippen LogP contribution in [0.3, 0.4) is 0 Å². The molecule has 0 saturated carbocycles. The molecule has 0 fully saturated rings. The Labute approximate surface area is 122 Å². The minimum Gasteiger partial charge on any atom is -0.344 e. The Hall–Kier alpha value is 0.0300. The molecule has 0 atom stereocenters. The third-order valence-corrected chi connectivity index (χ3v) is 0. The van der Waals surface area contributed by atoms with Gasteiger partial charge in [0.15, 0.2) is 0 Å². The van der Waals surface area contributed by atoms with Crippen molar-refractivity contribution in [1.29, 1.82) is 0 Å². The number of hydrogen-bond donors (Lipinski definition) is 10. The Morgan fingerprint density at radius 3 is 0.667 bits per heavy atom. The quantitative estimate of drug-likeness (QED) is 0.192. The predicted molar refractivity (Wildman–Crippen MR) is 77.1 cm³/mol. The maximum atomic E-state index is 8.88. The van der Waals surface area contributed by atoms with Crippen LogP contribution in [-0.2, 0) is 13.7 Å². The van der Waals surface area contributed by atoms with Gasteiger partial charge >= 0.3 is 23.5 Å². The summed E-state index contributed by atoms with van der Waals surface area (Å²) in [4.78, 5) is 64.7. The number of phosphoric acid groups is 3. The van der Waals surface area contributed by atoms with E-state index in [1.807, 2.05) is 6.92 Å². The van der Waals surface area contributed by atoms with Crippen molar-refractivity contribution < 1.29 is 57.7 Å². The minimum atomic E-state index is -4.64. The largest absolute Gasteiger partial charge is 0.466 e. The molecule has 0 bridgehead atoms. The highest BCUT2D eigenvalue weighted by Crippen LogP contribution is 2.26. The molecule has 12 N–H and O–H groups in total. The van der Waals surface area contributed by atoms with E-state index in [0.717, 1.165) is 0 Å². The Morgan fingerprint density at radius 2 is 0.667 bits per heavy atom. The molecule has 0 amide bonds. The molecule has 0 aliphatic carbocycles. The van der Waals surface area contributed by atoms with Crippen LogP contribution in [0.2, 0.25) is 0 Å². The van der Waals surface area contributed by atoms with Crippen molar-refractivity contribution in [2.45, 2.75) is 21.8 Å². The highest BCUT2D eigenvalue weighted by Gasteiger charge is 2.01. The summed E-state index contributed by atoms with van der Waals surface area (Å²) in [7, 11) is -13.9. The summed E-state index contributed by atoms with van der Waals surface area (Å²) < 4.78 is 26.6. The van der Waals surface area contributed by atoms with E-state index in [1.165, 1.54) is 0 Å². The lowest BCUT2D eigenvalue weighted by Gasteiger charge is -1.82. The molecule has 0 aliphatic rings. The van der Waals surface area contributed by atoms with Crippen molar-refractivity contribution >= 4 is 23.5 Å². The molecule has 0 saturated heterocycles. The van der Waals surface area contributed by atoms with Crippen molar-refractivity contribution in [3.05, 3.63) is 12.7 Å². The fourth-order valence-electron chi connectivity index (χ4n) is 0. The van der Waals surface area contributed by atoms with Gasteiger partial charge < -0.3 is 50.2 Å². The summed E-state index contributed by atoms with van der Waals surface area (Å²) in [6, 6.07) is 0. The van der Waals surface area contributed by atoms with Gasteiger partial charge in [-0.05, 0) is 6.92 Å². The van der Waals surface area contributed by atoms with E-state index in [2.05, 4.69) is 6.58 Å². The molecule has 0 aromatic heterocycles. The smallest absolute Gasteiger partial charge is 0.344 e. The lowest BCUT2D eigenvalue weighted by Crippen LogP contribution is -1.66. The SMILES string of the molecule is C.C.C=CC.N.O=P(O)(O)O.O=P(O)(O)O.O=P(O)(O)O. The Bertz CT molecular complexity index is 255. The summed E-state index contributed by atoms with van der Waals surface area (Å²) in [6.07, 6.45) is 1.75. The van der Waals surface area contributed by atoms with Gasteiger partial charge in [-0.2, -0.15) is 0 Å². The molecule has 16 heteroatoms. The van der Waals surface area contributed by atoms with Gasteiger partial charge in [0.2, 0.25) is 0 Å². The van der Waals surface area contributed by atoms with Crippen LogP contribution >= 0.6 is 23.5 Å². The number of allylic oxidation sites excluding steroid dienone is 1. The predicted octanol–water partition coefficient (Wildman–Crippen LogP) is -0.159. The van der Waals surface area contributed by atoms with Gasteiger partial charge in [0.25, 0.3) is 0 Å². The fraction of sp³-hybridized carbons (Fsp3) is 0.600. The summed E-state index contributed by atoms with van der Waals surface area (Å²) in [5, 5.41) is 0. The van der Waals surface area contributed by atoms with Crippen LogP contribution in [0.15, 0.2) is 12.7 Å². The Kier molecular flexibility index (Phi) is 40.9. The molecule has 0 aliphatic heterocycles. The lowest BCUT2D eigenvalue weighted by atomic mass is 10.8. The number of rotatable bonds is 0. The molecule has 21 heavy (non-hydrogen) atoms. The maximum Gasteiger partial charge on any atom is 0.466 e. The highest BCUT2D eigenvalue weighted by atomic mass is 31.2. The second-order valence-electron chi connectivity index (χ2n) is 1.95. The number of hydrogen-bond acceptors (Lipinski definition) is 4. The van der Waals surface area contributed by atoms with Crippen molar-refractivity contribution in [2.75, 3.05) is 0 Å². The van der Waals surface area contributed by atoms with Gasteiger partial charge in [-0.1, -0.05) is 20.9 Å². The fourth-order valence-corrected chi connectivity index (χ4v) is 0. The summed E-state index contributed by atoms with van der Waals surface area (Å²) >= 11 is 0. The molecule has 13 nitrogen and oxygen atoms in total. The Balaban J connectivity index is -0.0000000241. The molecule has 0 spiro atoms. The molecule has 0 radical (unpaired) electrons. The van der Waals surface area contributed by atoms with E-state index in [0.29, 0.717) is 0 Å². The minimum absolute atomic E-state index is 0. The zero-order chi connectivity index (χ0) is 16.2. The van der Waals surface area contributed by atoms with Gasteiger partial charge in [0.05, 0.1) is 0 Å². The lowest BCUT2D eigenvalue weighted by molar-refractivity contribution is 0.272. The second kappa shape index (κ2) is 20.0. The van der Waals surface area contributed by atoms with Gasteiger partial charge in [-0.3, -0.25) is 0 Å². The van der Waals surface area contributed by atoms with E-state index >= 15 is 0 Å². The van der Waals surface area contributed by atoms with E-state index in [-0.39, 0.29) is 21.0 Å². The van der Waals surface area contributed by atoms with Crippen LogP contribution in [-0.4, -0.2) is 44.0 Å². The van der Waals surface area contributed by atoms with Crippen LogP contribution in [0.5, 0.6) is 0 Å². The van der Waals surface area contributed by atoms with Crippen molar-refractivity contribution in [3.63, 3.8) is 0 Å². The molecular formula is C5H26NO12P3. The van der Waals surface area contributed by atoms with Gasteiger partial charge in [0, 0.05) is 0 Å².